The number of hydrogen-bond donors (Lipinski definition) is 3. The van der Waals surface area contributed by atoms with Gasteiger partial charge in [0.05, 0.1) is 15.2 Å². The molecule has 3 N–H and O–H groups in total. The van der Waals surface area contributed by atoms with Gasteiger partial charge in [-0.15, -0.1) is 11.3 Å². The van der Waals surface area contributed by atoms with Crippen LogP contribution in [0.5, 0.6) is 0 Å². The first-order valence-corrected chi connectivity index (χ1v) is 10.4. The molecule has 3 atom stereocenters. The molecule has 0 bridgehead atoms. The number of aryl methyl sites for hydroxylation is 1. The van der Waals surface area contributed by atoms with Crippen molar-refractivity contribution in [3.8, 4) is 0 Å². The van der Waals surface area contributed by atoms with E-state index in [1.807, 2.05) is 18.2 Å². The first kappa shape index (κ1) is 19.0. The van der Waals surface area contributed by atoms with Gasteiger partial charge >= 0.3 is 0 Å². The van der Waals surface area contributed by atoms with E-state index in [1.54, 1.807) is 11.3 Å². The lowest BCUT2D eigenvalue weighted by Gasteiger charge is -2.35. The van der Waals surface area contributed by atoms with E-state index in [0.717, 1.165) is 21.6 Å². The van der Waals surface area contributed by atoms with Crippen LogP contribution in [0.3, 0.4) is 0 Å². The standard InChI is InChI=1S/C19H26N4OS2/c1-12-6-5-8-14(13(12)2)21-19(25)23-22-17(24)10-11-18-20-15-7-3-4-9-16(15)26-18/h3-4,7,9,12-14H,5-6,8,10-11H2,1-2H3,(H,22,24)(H2,21,23,25)/t12-,13+,14+/m0/s1. The van der Waals surface area contributed by atoms with Gasteiger partial charge in [0.15, 0.2) is 5.11 Å². The average Bonchev–Trinajstić information content (AvgIpc) is 3.05. The Bertz CT molecular complexity index is 743. The summed E-state index contributed by atoms with van der Waals surface area (Å²) in [5.41, 5.74) is 6.51. The van der Waals surface area contributed by atoms with E-state index in [4.69, 9.17) is 12.2 Å². The number of thiazole rings is 1. The van der Waals surface area contributed by atoms with Gasteiger partial charge in [0.1, 0.15) is 0 Å². The minimum Gasteiger partial charge on any atom is -0.358 e. The molecule has 1 heterocycles. The fraction of sp³-hybridized carbons (Fsp3) is 0.526. The van der Waals surface area contributed by atoms with Crippen LogP contribution in [-0.2, 0) is 11.2 Å². The molecule has 7 heteroatoms. The second-order valence-electron chi connectivity index (χ2n) is 7.10. The van der Waals surface area contributed by atoms with E-state index in [-0.39, 0.29) is 5.91 Å². The Morgan fingerprint density at radius 2 is 2.08 bits per heavy atom. The number of carbonyl (C=O) groups is 1. The van der Waals surface area contributed by atoms with Crippen LogP contribution < -0.4 is 16.2 Å². The SMILES string of the molecule is C[C@@H]1[C@@H](C)CCC[C@H]1NC(=S)NNC(=O)CCc1nc2ccccc2s1. The highest BCUT2D eigenvalue weighted by Gasteiger charge is 2.27. The molecule has 1 aliphatic carbocycles. The molecule has 26 heavy (non-hydrogen) atoms. The summed E-state index contributed by atoms with van der Waals surface area (Å²) in [5, 5.41) is 4.81. The van der Waals surface area contributed by atoms with Crippen molar-refractivity contribution in [1.29, 1.82) is 0 Å². The third-order valence-corrected chi connectivity index (χ3v) is 6.56. The van der Waals surface area contributed by atoms with Crippen molar-refractivity contribution < 1.29 is 4.79 Å². The summed E-state index contributed by atoms with van der Waals surface area (Å²) in [4.78, 5) is 16.6. The average molecular weight is 391 g/mol. The van der Waals surface area contributed by atoms with Crippen LogP contribution in [0.1, 0.15) is 44.5 Å². The van der Waals surface area contributed by atoms with Gasteiger partial charge in [-0.1, -0.05) is 38.8 Å². The molecule has 1 aromatic heterocycles. The van der Waals surface area contributed by atoms with E-state index in [1.165, 1.54) is 12.8 Å². The molecule has 0 unspecified atom stereocenters. The highest BCUT2D eigenvalue weighted by molar-refractivity contribution is 7.80. The summed E-state index contributed by atoms with van der Waals surface area (Å²) in [7, 11) is 0. The van der Waals surface area contributed by atoms with Gasteiger partial charge in [-0.05, 0) is 42.6 Å². The van der Waals surface area contributed by atoms with Gasteiger partial charge < -0.3 is 5.32 Å². The van der Waals surface area contributed by atoms with E-state index in [2.05, 4.69) is 41.1 Å². The number of thiocarbonyl (C=S) groups is 1. The number of hydrogen-bond acceptors (Lipinski definition) is 4. The van der Waals surface area contributed by atoms with E-state index >= 15 is 0 Å². The van der Waals surface area contributed by atoms with Crippen molar-refractivity contribution >= 4 is 44.8 Å². The number of amides is 1. The first-order valence-electron chi connectivity index (χ1n) is 9.22. The number of fused-ring (bicyclic) bond motifs is 1. The molecule has 1 aromatic carbocycles. The number of carbonyl (C=O) groups excluding carboxylic acids is 1. The zero-order valence-electron chi connectivity index (χ0n) is 15.2. The second-order valence-corrected chi connectivity index (χ2v) is 8.62. The van der Waals surface area contributed by atoms with Crippen LogP contribution in [0, 0.1) is 11.8 Å². The molecular weight excluding hydrogens is 364 g/mol. The molecule has 1 amide bonds. The van der Waals surface area contributed by atoms with E-state index in [9.17, 15) is 4.79 Å². The lowest BCUT2D eigenvalue weighted by Crippen LogP contribution is -2.52. The van der Waals surface area contributed by atoms with Crippen LogP contribution in [0.2, 0.25) is 0 Å². The smallest absolute Gasteiger partial charge is 0.238 e. The monoisotopic (exact) mass is 390 g/mol. The summed E-state index contributed by atoms with van der Waals surface area (Å²) >= 11 is 6.96. The number of hydrazine groups is 1. The quantitative estimate of drug-likeness (QED) is 0.550. The van der Waals surface area contributed by atoms with Crippen molar-refractivity contribution in [2.75, 3.05) is 0 Å². The minimum atomic E-state index is -0.0848. The second kappa shape index (κ2) is 8.77. The zero-order chi connectivity index (χ0) is 18.5. The largest absolute Gasteiger partial charge is 0.358 e. The molecule has 0 aliphatic heterocycles. The number of rotatable bonds is 4. The number of benzene rings is 1. The molecule has 1 aliphatic rings. The van der Waals surface area contributed by atoms with E-state index < -0.39 is 0 Å². The third kappa shape index (κ3) is 4.92. The van der Waals surface area contributed by atoms with Crippen molar-refractivity contribution in [2.45, 2.75) is 52.0 Å². The van der Waals surface area contributed by atoms with Crippen LogP contribution in [-0.4, -0.2) is 22.0 Å². The molecule has 3 rings (SSSR count). The van der Waals surface area contributed by atoms with Crippen LogP contribution in [0.4, 0.5) is 0 Å². The fourth-order valence-corrected chi connectivity index (χ4v) is 4.60. The highest BCUT2D eigenvalue weighted by Crippen LogP contribution is 2.29. The van der Waals surface area contributed by atoms with Crippen LogP contribution >= 0.6 is 23.6 Å². The van der Waals surface area contributed by atoms with Crippen molar-refractivity contribution in [3.05, 3.63) is 29.3 Å². The van der Waals surface area contributed by atoms with Gasteiger partial charge in [-0.3, -0.25) is 15.6 Å². The summed E-state index contributed by atoms with van der Waals surface area (Å²) in [6.45, 7) is 4.56. The lowest BCUT2D eigenvalue weighted by atomic mass is 9.78. The first-order chi connectivity index (χ1) is 12.5. The highest BCUT2D eigenvalue weighted by atomic mass is 32.1. The van der Waals surface area contributed by atoms with Crippen LogP contribution in [0.15, 0.2) is 24.3 Å². The Hall–Kier alpha value is -1.73. The molecule has 1 saturated carbocycles. The molecule has 140 valence electrons. The van der Waals surface area contributed by atoms with Crippen molar-refractivity contribution in [1.82, 2.24) is 21.2 Å². The molecule has 0 radical (unpaired) electrons. The normalized spacial score (nSPS) is 22.8. The molecule has 0 spiro atoms. The Kier molecular flexibility index (Phi) is 6.43. The van der Waals surface area contributed by atoms with Crippen LogP contribution in [0.25, 0.3) is 10.2 Å². The van der Waals surface area contributed by atoms with Gasteiger partial charge in [0.25, 0.3) is 0 Å². The van der Waals surface area contributed by atoms with Crippen molar-refractivity contribution in [2.24, 2.45) is 11.8 Å². The molecule has 1 fully saturated rings. The fourth-order valence-electron chi connectivity index (χ4n) is 3.43. The number of para-hydroxylation sites is 1. The van der Waals surface area contributed by atoms with Gasteiger partial charge in [-0.2, -0.15) is 0 Å². The van der Waals surface area contributed by atoms with Gasteiger partial charge in [-0.25, -0.2) is 4.98 Å². The predicted molar refractivity (Wildman–Crippen MR) is 111 cm³/mol. The van der Waals surface area contributed by atoms with E-state index in [0.29, 0.717) is 35.8 Å². The lowest BCUT2D eigenvalue weighted by molar-refractivity contribution is -0.121. The minimum absolute atomic E-state index is 0.0848. The molecule has 0 saturated heterocycles. The number of nitrogens with one attached hydrogen (secondary N) is 3. The number of nitrogens with zero attached hydrogens (tertiary/aromatic N) is 1. The van der Waals surface area contributed by atoms with Gasteiger partial charge in [0, 0.05) is 18.9 Å². The zero-order valence-corrected chi connectivity index (χ0v) is 16.9. The summed E-state index contributed by atoms with van der Waals surface area (Å²) in [6, 6.07) is 8.40. The summed E-state index contributed by atoms with van der Waals surface area (Å²) in [5.74, 6) is 1.20. The van der Waals surface area contributed by atoms with Gasteiger partial charge in [0.2, 0.25) is 5.91 Å². The Morgan fingerprint density at radius 3 is 2.88 bits per heavy atom. The Balaban J connectivity index is 1.40. The number of aromatic nitrogens is 1. The topological polar surface area (TPSA) is 66.0 Å². The maximum atomic E-state index is 12.1. The summed E-state index contributed by atoms with van der Waals surface area (Å²) < 4.78 is 1.15. The van der Waals surface area contributed by atoms with Crippen molar-refractivity contribution in [3.63, 3.8) is 0 Å². The summed E-state index contributed by atoms with van der Waals surface area (Å²) in [6.07, 6.45) is 4.64. The third-order valence-electron chi connectivity index (χ3n) is 5.24. The maximum Gasteiger partial charge on any atom is 0.238 e. The Labute approximate surface area is 163 Å². The molecule has 5 nitrogen and oxygen atoms in total. The predicted octanol–water partition coefficient (Wildman–Crippen LogP) is 3.55. The Morgan fingerprint density at radius 1 is 1.27 bits per heavy atom. The molecular formula is C19H26N4OS2. The molecule has 2 aromatic rings. The maximum absolute atomic E-state index is 12.1.